The van der Waals surface area contributed by atoms with Crippen molar-refractivity contribution in [2.45, 2.75) is 113 Å². The number of carbonyl (C=O) groups is 7. The average Bonchev–Trinajstić information content (AvgIpc) is 1.90. The van der Waals surface area contributed by atoms with Gasteiger partial charge in [-0.25, -0.2) is 4.57 Å². The van der Waals surface area contributed by atoms with Crippen molar-refractivity contribution in [1.82, 2.24) is 0 Å². The summed E-state index contributed by atoms with van der Waals surface area (Å²) in [5, 5.41) is 8.53. The quantitative estimate of drug-likeness (QED) is 0.00794. The van der Waals surface area contributed by atoms with Crippen LogP contribution in [0.5, 0.6) is 0 Å². The van der Waals surface area contributed by atoms with Crippen LogP contribution in [0.1, 0.15) is 130 Å². The minimum Gasteiger partial charge on any atom is -0.870 e. The van der Waals surface area contributed by atoms with Crippen LogP contribution in [0.4, 0.5) is 0 Å². The molecule has 1 amide bonds. The molecule has 5 atom stereocenters. The first-order chi connectivity index (χ1) is 42.0. The molecule has 0 aromatic heterocycles. The number of nitrogens with zero attached hydrogens (tertiary/aromatic N) is 2. The molecule has 92 heavy (non-hydrogen) atoms. The van der Waals surface area contributed by atoms with Gasteiger partial charge in [-0.15, -0.1) is 12.3 Å². The number of carboxylic acid groups (broad SMARTS) is 1. The molecular formula is C67H84Br4ILiN3O15P. The maximum Gasteiger partial charge on any atom is 1.00 e. The number of Topliss-reactive ketones (excluding diaryl/α,β-unsaturated/α-hetero) is 1. The van der Waals surface area contributed by atoms with Crippen LogP contribution < -0.4 is 24.6 Å². The van der Waals surface area contributed by atoms with Gasteiger partial charge in [-0.2, -0.15) is 4.79 Å². The number of nitrogens with two attached hydrogens (primary N) is 1. The second kappa shape index (κ2) is 60.5. The SMILES string of the molecule is Brc1cccc(I)c1.C.C#C[C@@H](C)CCC(=O)OC.COC(=O)CC[C@H](C)C#Cc1cccc(Br)c1.COC(=O)CC[C@H](C)C=O.COP(=O)(OC)C(=[N+]=[N-])C(C)=O.C[C@H](C#Cc1cccc(Br)c1)CCC(=O)O.C[C@H](C#Cc1cccc(Br)c1)CCC(N)=O.[Li+].[OH-]. The van der Waals surface area contributed by atoms with E-state index in [1.54, 1.807) is 6.92 Å². The summed E-state index contributed by atoms with van der Waals surface area (Å²) in [5.41, 5.74) is 15.7. The molecule has 18 nitrogen and oxygen atoms in total. The number of hydrogen-bond acceptors (Lipinski definition) is 14. The number of rotatable bonds is 20. The smallest absolute Gasteiger partial charge is 0.870 e. The number of aliphatic carboxylic acids is 1. The summed E-state index contributed by atoms with van der Waals surface area (Å²) in [4.78, 5) is 76.3. The maximum absolute atomic E-state index is 11.4. The summed E-state index contributed by atoms with van der Waals surface area (Å²) < 4.78 is 39.1. The molecule has 0 spiro atoms. The Morgan fingerprint density at radius 1 is 0.609 bits per heavy atom. The van der Waals surface area contributed by atoms with Crippen LogP contribution in [0.25, 0.3) is 5.53 Å². The molecule has 0 saturated heterocycles. The number of primary amides is 1. The topological polar surface area (TPSA) is 295 Å². The van der Waals surface area contributed by atoms with E-state index in [0.717, 1.165) is 74.9 Å². The summed E-state index contributed by atoms with van der Waals surface area (Å²) in [6, 6.07) is 31.6. The van der Waals surface area contributed by atoms with E-state index in [9.17, 15) is 38.1 Å². The van der Waals surface area contributed by atoms with Gasteiger partial charge in [0.1, 0.15) is 6.29 Å². The van der Waals surface area contributed by atoms with Gasteiger partial charge in [0.05, 0.1) is 21.3 Å². The van der Waals surface area contributed by atoms with Gasteiger partial charge in [0.2, 0.25) is 11.7 Å². The summed E-state index contributed by atoms with van der Waals surface area (Å²) in [6.07, 6.45) is 11.0. The average molecular weight is 1660 g/mol. The number of ketones is 1. The second-order valence-corrected chi connectivity index (χ2v) is 25.8. The van der Waals surface area contributed by atoms with Gasteiger partial charge in [-0.1, -0.05) is 166 Å². The number of methoxy groups -OCH3 is 3. The van der Waals surface area contributed by atoms with E-state index in [0.29, 0.717) is 44.9 Å². The molecule has 0 bridgehead atoms. The Morgan fingerprint density at radius 2 is 0.935 bits per heavy atom. The van der Waals surface area contributed by atoms with Crippen LogP contribution in [0.2, 0.25) is 0 Å². The molecule has 0 aliphatic rings. The molecule has 498 valence electrons. The molecule has 0 unspecified atom stereocenters. The number of carboxylic acids is 1. The Bertz CT molecular complexity index is 3090. The molecule has 0 fully saturated rings. The van der Waals surface area contributed by atoms with Crippen molar-refractivity contribution in [3.63, 3.8) is 0 Å². The summed E-state index contributed by atoms with van der Waals surface area (Å²) in [6.45, 7) is 10.7. The Balaban J connectivity index is -0.000000236. The summed E-state index contributed by atoms with van der Waals surface area (Å²) >= 11 is 15.8. The van der Waals surface area contributed by atoms with E-state index in [4.69, 9.17) is 22.8 Å². The minimum absolute atomic E-state index is 0. The zero-order valence-corrected chi connectivity index (χ0v) is 62.8. The standard InChI is InChI=1S/C14H15BrO2.C13H14BrNO.C13H13BrO2.C8H12O2.C7H12O3.C6H4BrI.C5H9N2O4P.CH4.Li.H2O/c1-11(7-9-14(16)17-2)6-8-12-4-3-5-13(15)10-12;2*1-10(6-8-13(15)16)5-7-11-3-2-4-12(14)9-11;1-4-7(2)5-6-8(9)10-3;1-6(5-8)3-4-7(9)10-2;7-5-2-1-3-6(8)4-5;1-4(8)5(7-6)12(9,10-2)11-3;;;/h3-5,10-11H,7,9H2,1-2H3;2-4,9-10H,6,8H2,1H3,(H2,15,16);2-4,9-10H,6,8H2,1H3,(H,15,16);1,7H,5-6H2,2-3H3;5-6H,3-4H2,1-2H3;1-4H;1-3H3;1H4;;1H2/q;;;;;;;;+1;/p-1/t11-;2*10-;7-;6-;;;;;/m11110...../s1. The first-order valence-electron chi connectivity index (χ1n) is 27.3. The van der Waals surface area contributed by atoms with Gasteiger partial charge in [-0.3, -0.25) is 28.8 Å². The molecule has 0 saturated carbocycles. The van der Waals surface area contributed by atoms with Crippen molar-refractivity contribution in [3.8, 4) is 47.9 Å². The van der Waals surface area contributed by atoms with Crippen molar-refractivity contribution < 1.29 is 95.6 Å². The molecule has 4 N–H and O–H groups in total. The third kappa shape index (κ3) is 56.1. The van der Waals surface area contributed by atoms with E-state index >= 15 is 0 Å². The van der Waals surface area contributed by atoms with Crippen molar-refractivity contribution >= 4 is 141 Å². The zero-order valence-electron chi connectivity index (χ0n) is 53.4. The molecule has 0 aliphatic carbocycles. The number of halogens is 5. The normalized spacial score (nSPS) is 10.8. The first-order valence-corrected chi connectivity index (χ1v) is 33.1. The van der Waals surface area contributed by atoms with E-state index in [-0.39, 0.29) is 91.6 Å². The number of terminal acetylenes is 1. The molecule has 25 heteroatoms. The largest absolute Gasteiger partial charge is 1.00 e. The van der Waals surface area contributed by atoms with Gasteiger partial charge in [-0.05, 0) is 127 Å². The third-order valence-electron chi connectivity index (χ3n) is 11.0. The fourth-order valence-electron chi connectivity index (χ4n) is 5.73. The molecule has 4 aromatic rings. The van der Waals surface area contributed by atoms with Crippen molar-refractivity contribution in [3.05, 3.63) is 141 Å². The maximum atomic E-state index is 11.4. The third-order valence-corrected chi connectivity index (χ3v) is 15.5. The number of amides is 1. The van der Waals surface area contributed by atoms with E-state index in [1.807, 2.05) is 113 Å². The van der Waals surface area contributed by atoms with Crippen LogP contribution in [0.15, 0.2) is 115 Å². The Labute approximate surface area is 604 Å². The molecule has 4 aromatic carbocycles. The molecular weight excluding hydrogens is 1570 g/mol. The number of hydrogen-bond donors (Lipinski definition) is 2. The van der Waals surface area contributed by atoms with E-state index in [2.05, 4.69) is 168 Å². The van der Waals surface area contributed by atoms with Crippen LogP contribution in [-0.2, 0) is 61.4 Å². The molecule has 4 rings (SSSR count). The van der Waals surface area contributed by atoms with E-state index in [1.165, 1.54) is 24.9 Å². The minimum atomic E-state index is -3.70. The predicted octanol–water partition coefficient (Wildman–Crippen LogP) is 12.6. The zero-order chi connectivity index (χ0) is 68.3. The van der Waals surface area contributed by atoms with Crippen LogP contribution >= 0.6 is 93.9 Å². The number of esters is 3. The van der Waals surface area contributed by atoms with Crippen molar-refractivity contribution in [1.29, 1.82) is 0 Å². The fourth-order valence-corrected chi connectivity index (χ4v) is 9.29. The molecule has 0 radical (unpaired) electrons. The Morgan fingerprint density at radius 3 is 1.18 bits per heavy atom. The van der Waals surface area contributed by atoms with Gasteiger partial charge < -0.3 is 49.9 Å². The Hall–Kier alpha value is -5.45. The summed E-state index contributed by atoms with van der Waals surface area (Å²) in [7, 11) is 2.62. The first kappa shape index (κ1) is 97.6. The van der Waals surface area contributed by atoms with Crippen molar-refractivity contribution in [2.75, 3.05) is 35.5 Å². The molecule has 0 heterocycles. The number of aldehydes is 1. The molecule has 0 aliphatic heterocycles. The Kier molecular flexibility index (Phi) is 64.2. The van der Waals surface area contributed by atoms with Crippen LogP contribution in [0.3, 0.4) is 0 Å². The monoisotopic (exact) mass is 1650 g/mol. The van der Waals surface area contributed by atoms with Crippen LogP contribution in [0, 0.1) is 81.0 Å². The van der Waals surface area contributed by atoms with Crippen molar-refractivity contribution in [2.24, 2.45) is 35.3 Å². The second-order valence-electron chi connectivity index (χ2n) is 18.8. The van der Waals surface area contributed by atoms with Crippen LogP contribution in [-0.4, -0.2) is 98.2 Å². The van der Waals surface area contributed by atoms with Gasteiger partial charge in [0, 0.05) is 121 Å². The fraction of sp³-hybridized carbons (Fsp3) is 0.403. The van der Waals surface area contributed by atoms with E-state index < -0.39 is 24.8 Å². The number of benzene rings is 4. The predicted molar refractivity (Wildman–Crippen MR) is 379 cm³/mol. The van der Waals surface area contributed by atoms with Gasteiger partial charge in [0.25, 0.3) is 0 Å². The van der Waals surface area contributed by atoms with Gasteiger partial charge in [0.15, 0.2) is 0 Å². The number of ether oxygens (including phenoxy) is 3. The number of carbonyl (C=O) groups excluding carboxylic acids is 6. The van der Waals surface area contributed by atoms with Gasteiger partial charge >= 0.3 is 55.8 Å². The summed E-state index contributed by atoms with van der Waals surface area (Å²) in [5.74, 6) is 19.3.